The van der Waals surface area contributed by atoms with Crippen LogP contribution in [0.15, 0.2) is 12.2 Å². The number of rotatable bonds is 5. The predicted octanol–water partition coefficient (Wildman–Crippen LogP) is 2.66. The van der Waals surface area contributed by atoms with Crippen LogP contribution in [0.25, 0.3) is 0 Å². The molecule has 0 aliphatic heterocycles. The first kappa shape index (κ1) is 13.2. The van der Waals surface area contributed by atoms with E-state index in [2.05, 4.69) is 6.58 Å². The van der Waals surface area contributed by atoms with Crippen LogP contribution in [0, 0.1) is 0 Å². The van der Waals surface area contributed by atoms with Crippen molar-refractivity contribution in [3.05, 3.63) is 12.2 Å². The Bertz CT molecular complexity index is 219. The maximum Gasteiger partial charge on any atom is 0.335 e. The van der Waals surface area contributed by atoms with E-state index in [0.717, 1.165) is 6.42 Å². The molecule has 0 saturated heterocycles. The molecule has 3 heteroatoms. The van der Waals surface area contributed by atoms with Gasteiger partial charge in [-0.25, -0.2) is 4.79 Å². The van der Waals surface area contributed by atoms with E-state index in [4.69, 9.17) is 9.47 Å². The number of hydrogen-bond donors (Lipinski definition) is 0. The molecule has 1 atom stereocenters. The van der Waals surface area contributed by atoms with E-state index in [1.807, 2.05) is 20.8 Å². The minimum absolute atomic E-state index is 0.269. The van der Waals surface area contributed by atoms with Crippen molar-refractivity contribution in [1.29, 1.82) is 0 Å². The van der Waals surface area contributed by atoms with Crippen molar-refractivity contribution in [2.24, 2.45) is 0 Å². The second-order valence-electron chi connectivity index (χ2n) is 3.98. The first-order chi connectivity index (χ1) is 6.28. The number of esters is 1. The molecule has 0 amide bonds. The van der Waals surface area contributed by atoms with E-state index in [9.17, 15) is 4.79 Å². The molecule has 3 nitrogen and oxygen atoms in total. The average molecular weight is 200 g/mol. The van der Waals surface area contributed by atoms with Crippen LogP contribution in [0.4, 0.5) is 0 Å². The lowest BCUT2D eigenvalue weighted by atomic mass is 10.1. The minimum atomic E-state index is -0.533. The molecule has 0 aliphatic carbocycles. The average Bonchev–Trinajstić information content (AvgIpc) is 2.02. The molecule has 14 heavy (non-hydrogen) atoms. The molecule has 0 spiro atoms. The fourth-order valence-corrected chi connectivity index (χ4v) is 0.808. The zero-order valence-electron chi connectivity index (χ0n) is 9.72. The predicted molar refractivity (Wildman–Crippen MR) is 55.8 cm³/mol. The highest BCUT2D eigenvalue weighted by Gasteiger charge is 2.21. The smallest absolute Gasteiger partial charge is 0.335 e. The molecule has 82 valence electrons. The van der Waals surface area contributed by atoms with E-state index in [1.165, 1.54) is 0 Å². The Balaban J connectivity index is 4.05. The van der Waals surface area contributed by atoms with Crippen LogP contribution in [0.3, 0.4) is 0 Å². The molecule has 0 aromatic heterocycles. The Kier molecular flexibility index (Phi) is 4.85. The van der Waals surface area contributed by atoms with Gasteiger partial charge >= 0.3 is 5.97 Å². The maximum atomic E-state index is 11.1. The molecule has 1 unspecified atom stereocenters. The van der Waals surface area contributed by atoms with Gasteiger partial charge in [-0.3, -0.25) is 0 Å². The molecule has 0 fully saturated rings. The molecular formula is C11H20O3. The third-order valence-corrected chi connectivity index (χ3v) is 1.96. The van der Waals surface area contributed by atoms with E-state index in [-0.39, 0.29) is 5.60 Å². The number of carbonyl (C=O) groups is 1. The summed E-state index contributed by atoms with van der Waals surface area (Å²) in [5.74, 6) is -0.413. The lowest BCUT2D eigenvalue weighted by molar-refractivity contribution is -0.197. The molecule has 0 aromatic carbocycles. The second kappa shape index (κ2) is 5.15. The van der Waals surface area contributed by atoms with Gasteiger partial charge in [0.1, 0.15) is 0 Å². The molecule has 0 radical (unpaired) electrons. The van der Waals surface area contributed by atoms with Gasteiger partial charge < -0.3 is 9.47 Å². The monoisotopic (exact) mass is 200 g/mol. The fraction of sp³-hybridized carbons (Fsp3) is 0.727. The summed E-state index contributed by atoms with van der Waals surface area (Å²) in [7, 11) is 0. The topological polar surface area (TPSA) is 35.5 Å². The Morgan fingerprint density at radius 1 is 1.50 bits per heavy atom. The van der Waals surface area contributed by atoms with Crippen LogP contribution < -0.4 is 0 Å². The highest BCUT2D eigenvalue weighted by Crippen LogP contribution is 2.17. The summed E-state index contributed by atoms with van der Waals surface area (Å²) in [4.78, 5) is 11.1. The summed E-state index contributed by atoms with van der Waals surface area (Å²) in [6, 6.07) is 0. The van der Waals surface area contributed by atoms with Crippen molar-refractivity contribution in [3.63, 3.8) is 0 Å². The summed E-state index contributed by atoms with van der Waals surface area (Å²) in [5, 5.41) is 0. The van der Waals surface area contributed by atoms with Gasteiger partial charge in [-0.1, -0.05) is 13.5 Å². The molecule has 0 aliphatic rings. The summed E-state index contributed by atoms with van der Waals surface area (Å²) in [6.45, 7) is 12.7. The van der Waals surface area contributed by atoms with Crippen LogP contribution in [-0.4, -0.2) is 17.9 Å². The highest BCUT2D eigenvalue weighted by molar-refractivity contribution is 5.86. The summed E-state index contributed by atoms with van der Waals surface area (Å²) in [5.41, 5.74) is 0.115. The van der Waals surface area contributed by atoms with Crippen LogP contribution >= 0.6 is 0 Å². The fourth-order valence-electron chi connectivity index (χ4n) is 0.808. The normalized spacial score (nSPS) is 13.5. The van der Waals surface area contributed by atoms with Crippen molar-refractivity contribution in [1.82, 2.24) is 0 Å². The van der Waals surface area contributed by atoms with Crippen LogP contribution in [0.1, 0.15) is 41.0 Å². The van der Waals surface area contributed by atoms with Crippen LogP contribution in [0.5, 0.6) is 0 Å². The molecular weight excluding hydrogens is 180 g/mol. The van der Waals surface area contributed by atoms with Crippen molar-refractivity contribution in [3.8, 4) is 0 Å². The Morgan fingerprint density at radius 3 is 2.36 bits per heavy atom. The second-order valence-corrected chi connectivity index (χ2v) is 3.98. The zero-order valence-corrected chi connectivity index (χ0v) is 9.72. The summed E-state index contributed by atoms with van der Waals surface area (Å²) in [6.07, 6.45) is 0.330. The maximum absolute atomic E-state index is 11.1. The van der Waals surface area contributed by atoms with Crippen molar-refractivity contribution < 1.29 is 14.3 Å². The molecule has 0 rings (SSSR count). The standard InChI is InChI=1S/C11H20O3/c1-7-11(5,6)14-9(4)13-10(12)8(2)3/h9H,2,7H2,1,3-6H3. The number of ether oxygens (including phenoxy) is 2. The van der Waals surface area contributed by atoms with Gasteiger partial charge in [0.15, 0.2) is 0 Å². The van der Waals surface area contributed by atoms with Gasteiger partial charge in [-0.15, -0.1) is 0 Å². The summed E-state index contributed by atoms with van der Waals surface area (Å²) < 4.78 is 10.5. The van der Waals surface area contributed by atoms with E-state index >= 15 is 0 Å². The first-order valence-electron chi connectivity index (χ1n) is 4.83. The first-order valence-corrected chi connectivity index (χ1v) is 4.83. The SMILES string of the molecule is C=C(C)C(=O)OC(C)OC(C)(C)CC. The molecule has 0 bridgehead atoms. The van der Waals surface area contributed by atoms with Crippen LogP contribution in [0.2, 0.25) is 0 Å². The Morgan fingerprint density at radius 2 is 2.00 bits per heavy atom. The van der Waals surface area contributed by atoms with Crippen molar-refractivity contribution >= 4 is 5.97 Å². The molecule has 0 saturated carbocycles. The van der Waals surface area contributed by atoms with Gasteiger partial charge in [0, 0.05) is 5.57 Å². The lowest BCUT2D eigenvalue weighted by Crippen LogP contribution is -2.31. The lowest BCUT2D eigenvalue weighted by Gasteiger charge is -2.27. The highest BCUT2D eigenvalue weighted by atomic mass is 16.7. The molecule has 0 aromatic rings. The Hall–Kier alpha value is -0.830. The molecule has 0 N–H and O–H groups in total. The van der Waals surface area contributed by atoms with Gasteiger partial charge in [-0.05, 0) is 34.1 Å². The van der Waals surface area contributed by atoms with Gasteiger partial charge in [0.2, 0.25) is 6.29 Å². The van der Waals surface area contributed by atoms with E-state index in [1.54, 1.807) is 13.8 Å². The van der Waals surface area contributed by atoms with Gasteiger partial charge in [0.25, 0.3) is 0 Å². The zero-order chi connectivity index (χ0) is 11.4. The third-order valence-electron chi connectivity index (χ3n) is 1.96. The Labute approximate surface area is 86.1 Å². The minimum Gasteiger partial charge on any atom is -0.433 e. The number of carbonyl (C=O) groups excluding carboxylic acids is 1. The third kappa shape index (κ3) is 5.02. The van der Waals surface area contributed by atoms with E-state index < -0.39 is 12.3 Å². The largest absolute Gasteiger partial charge is 0.433 e. The van der Waals surface area contributed by atoms with Crippen molar-refractivity contribution in [2.45, 2.75) is 52.9 Å². The van der Waals surface area contributed by atoms with Gasteiger partial charge in [-0.2, -0.15) is 0 Å². The van der Waals surface area contributed by atoms with E-state index in [0.29, 0.717) is 5.57 Å². The van der Waals surface area contributed by atoms with Crippen molar-refractivity contribution in [2.75, 3.05) is 0 Å². The van der Waals surface area contributed by atoms with Gasteiger partial charge in [0.05, 0.1) is 5.60 Å². The quantitative estimate of drug-likeness (QED) is 0.389. The summed E-state index contributed by atoms with van der Waals surface area (Å²) >= 11 is 0. The van der Waals surface area contributed by atoms with Crippen LogP contribution in [-0.2, 0) is 14.3 Å². The molecule has 0 heterocycles. The number of hydrogen-bond acceptors (Lipinski definition) is 3.